The zero-order valence-corrected chi connectivity index (χ0v) is 13.6. The lowest BCUT2D eigenvalue weighted by atomic mass is 10.1. The molecule has 0 saturated carbocycles. The van der Waals surface area contributed by atoms with Crippen molar-refractivity contribution in [1.29, 1.82) is 0 Å². The summed E-state index contributed by atoms with van der Waals surface area (Å²) in [7, 11) is 0. The lowest BCUT2D eigenvalue weighted by molar-refractivity contribution is -0.137. The number of nitrogens with one attached hydrogen (secondary N) is 1. The van der Waals surface area contributed by atoms with Crippen molar-refractivity contribution < 1.29 is 24.3 Å². The molecule has 0 fully saturated rings. The van der Waals surface area contributed by atoms with E-state index in [0.717, 1.165) is 16.2 Å². The van der Waals surface area contributed by atoms with Crippen molar-refractivity contribution in [2.24, 2.45) is 0 Å². The zero-order chi connectivity index (χ0) is 18.0. The second kappa shape index (κ2) is 6.77. The average Bonchev–Trinajstić information content (AvgIpc) is 3.12. The van der Waals surface area contributed by atoms with Crippen LogP contribution in [0, 0.1) is 0 Å². The fourth-order valence-corrected chi connectivity index (χ4v) is 3.06. The first-order valence-electron chi connectivity index (χ1n) is 7.25. The topological polar surface area (TPSA) is 130 Å². The summed E-state index contributed by atoms with van der Waals surface area (Å²) in [5, 5.41) is 19.3. The summed E-state index contributed by atoms with van der Waals surface area (Å²) >= 11 is 1.04. The van der Waals surface area contributed by atoms with Crippen molar-refractivity contribution in [3.63, 3.8) is 0 Å². The van der Waals surface area contributed by atoms with Gasteiger partial charge in [-0.2, -0.15) is 0 Å². The van der Waals surface area contributed by atoms with Crippen LogP contribution in [0.3, 0.4) is 0 Å². The molecule has 2 heterocycles. The molecule has 1 aliphatic rings. The van der Waals surface area contributed by atoms with Crippen LogP contribution >= 0.6 is 11.3 Å². The fourth-order valence-electron chi connectivity index (χ4n) is 2.30. The van der Waals surface area contributed by atoms with Crippen LogP contribution in [0.25, 0.3) is 0 Å². The standard InChI is InChI=1S/C15H12N4O5S/c20-10(16-15-18-17-11(25-15)5-6-12(21)22)7-19-13(23)8-3-1-2-4-9(8)14(19)24/h1-4H,5-7H2,(H,21,22)(H,16,18,20). The molecule has 10 heteroatoms. The molecule has 3 amide bonds. The molecule has 0 bridgehead atoms. The number of nitrogens with zero attached hydrogens (tertiary/aromatic N) is 3. The third-order valence-electron chi connectivity index (χ3n) is 3.45. The van der Waals surface area contributed by atoms with Crippen LogP contribution in [0.5, 0.6) is 0 Å². The molecule has 0 spiro atoms. The maximum atomic E-state index is 12.2. The number of benzene rings is 1. The number of aryl methyl sites for hydroxylation is 1. The van der Waals surface area contributed by atoms with E-state index in [2.05, 4.69) is 15.5 Å². The molecule has 1 aromatic heterocycles. The molecule has 1 aliphatic heterocycles. The number of rotatable bonds is 6. The predicted octanol–water partition coefficient (Wildman–Crippen LogP) is 0.790. The molecule has 0 atom stereocenters. The van der Waals surface area contributed by atoms with Gasteiger partial charge in [-0.3, -0.25) is 29.4 Å². The quantitative estimate of drug-likeness (QED) is 0.728. The van der Waals surface area contributed by atoms with Crippen molar-refractivity contribution in [2.45, 2.75) is 12.8 Å². The molecule has 0 unspecified atom stereocenters. The Kier molecular flexibility index (Phi) is 4.52. The monoisotopic (exact) mass is 360 g/mol. The summed E-state index contributed by atoms with van der Waals surface area (Å²) in [6, 6.07) is 6.36. The molecule has 2 aromatic rings. The lowest BCUT2D eigenvalue weighted by Gasteiger charge is -2.12. The summed E-state index contributed by atoms with van der Waals surface area (Å²) in [5.74, 6) is -2.58. The minimum Gasteiger partial charge on any atom is -0.481 e. The van der Waals surface area contributed by atoms with E-state index in [4.69, 9.17) is 5.11 Å². The third-order valence-corrected chi connectivity index (χ3v) is 4.34. The van der Waals surface area contributed by atoms with Crippen molar-refractivity contribution in [1.82, 2.24) is 15.1 Å². The maximum absolute atomic E-state index is 12.2. The number of carbonyl (C=O) groups excluding carboxylic acids is 3. The van der Waals surface area contributed by atoms with Crippen LogP contribution < -0.4 is 5.32 Å². The molecular formula is C15H12N4O5S. The van der Waals surface area contributed by atoms with Gasteiger partial charge in [0.25, 0.3) is 11.8 Å². The van der Waals surface area contributed by atoms with Gasteiger partial charge in [-0.25, -0.2) is 0 Å². The number of imide groups is 1. The summed E-state index contributed by atoms with van der Waals surface area (Å²) in [6.45, 7) is -0.434. The number of carbonyl (C=O) groups is 4. The van der Waals surface area contributed by atoms with Gasteiger partial charge in [-0.05, 0) is 12.1 Å². The van der Waals surface area contributed by atoms with E-state index in [1.54, 1.807) is 12.1 Å². The number of aliphatic carboxylic acids is 1. The Morgan fingerprint density at radius 1 is 1.12 bits per heavy atom. The van der Waals surface area contributed by atoms with Gasteiger partial charge in [0.05, 0.1) is 17.5 Å². The molecule has 9 nitrogen and oxygen atoms in total. The van der Waals surface area contributed by atoms with Gasteiger partial charge in [-0.1, -0.05) is 23.5 Å². The Balaban J connectivity index is 1.61. The average molecular weight is 360 g/mol. The van der Waals surface area contributed by atoms with Crippen molar-refractivity contribution in [2.75, 3.05) is 11.9 Å². The molecule has 25 heavy (non-hydrogen) atoms. The highest BCUT2D eigenvalue weighted by Gasteiger charge is 2.36. The number of carboxylic acid groups (broad SMARTS) is 1. The first kappa shape index (κ1) is 16.7. The summed E-state index contributed by atoms with van der Waals surface area (Å²) in [6.07, 6.45) is 0.124. The highest BCUT2D eigenvalue weighted by molar-refractivity contribution is 7.15. The van der Waals surface area contributed by atoms with Gasteiger partial charge in [0.1, 0.15) is 11.6 Å². The first-order valence-corrected chi connectivity index (χ1v) is 8.06. The molecule has 0 aliphatic carbocycles. The number of aromatic nitrogens is 2. The second-order valence-corrected chi connectivity index (χ2v) is 6.25. The van der Waals surface area contributed by atoms with E-state index in [-0.39, 0.29) is 29.1 Å². The molecule has 1 aromatic carbocycles. The van der Waals surface area contributed by atoms with Crippen LogP contribution in [0.4, 0.5) is 5.13 Å². The Morgan fingerprint density at radius 2 is 1.76 bits per heavy atom. The van der Waals surface area contributed by atoms with Crippen molar-refractivity contribution in [3.8, 4) is 0 Å². The van der Waals surface area contributed by atoms with Crippen LogP contribution in [-0.4, -0.2) is 50.4 Å². The fraction of sp³-hybridized carbons (Fsp3) is 0.200. The second-order valence-electron chi connectivity index (χ2n) is 5.18. The van der Waals surface area contributed by atoms with Gasteiger partial charge < -0.3 is 5.11 Å². The normalized spacial score (nSPS) is 13.0. The number of hydrogen-bond donors (Lipinski definition) is 2. The minimum absolute atomic E-state index is 0.0857. The number of amides is 3. The molecule has 2 N–H and O–H groups in total. The van der Waals surface area contributed by atoms with Gasteiger partial charge in [0.15, 0.2) is 0 Å². The predicted molar refractivity (Wildman–Crippen MR) is 86.3 cm³/mol. The number of carboxylic acids is 1. The first-order chi connectivity index (χ1) is 12.0. The van der Waals surface area contributed by atoms with Crippen molar-refractivity contribution in [3.05, 3.63) is 40.4 Å². The Labute approximate surface area is 145 Å². The Bertz CT molecular complexity index is 843. The highest BCUT2D eigenvalue weighted by Crippen LogP contribution is 2.22. The van der Waals surface area contributed by atoms with E-state index >= 15 is 0 Å². The van der Waals surface area contributed by atoms with E-state index in [1.165, 1.54) is 12.1 Å². The smallest absolute Gasteiger partial charge is 0.303 e. The SMILES string of the molecule is O=C(O)CCc1nnc(NC(=O)CN2C(=O)c3ccccc3C2=O)s1. The Morgan fingerprint density at radius 3 is 2.36 bits per heavy atom. The van der Waals surface area contributed by atoms with E-state index in [1.807, 2.05) is 0 Å². The van der Waals surface area contributed by atoms with Crippen molar-refractivity contribution >= 4 is 40.2 Å². The van der Waals surface area contributed by atoms with Gasteiger partial charge in [0, 0.05) is 6.42 Å². The van der Waals surface area contributed by atoms with E-state index < -0.39 is 30.2 Å². The third kappa shape index (κ3) is 3.53. The van der Waals surface area contributed by atoms with Gasteiger partial charge in [0.2, 0.25) is 11.0 Å². The largest absolute Gasteiger partial charge is 0.481 e. The number of anilines is 1. The molecule has 3 rings (SSSR count). The van der Waals surface area contributed by atoms with Gasteiger partial charge in [-0.15, -0.1) is 10.2 Å². The number of hydrogen-bond acceptors (Lipinski definition) is 7. The van der Waals surface area contributed by atoms with Gasteiger partial charge >= 0.3 is 5.97 Å². The summed E-state index contributed by atoms with van der Waals surface area (Å²) in [5.41, 5.74) is 0.541. The lowest BCUT2D eigenvalue weighted by Crippen LogP contribution is -2.37. The maximum Gasteiger partial charge on any atom is 0.303 e. The molecule has 0 radical (unpaired) electrons. The molecule has 128 valence electrons. The minimum atomic E-state index is -0.952. The highest BCUT2D eigenvalue weighted by atomic mass is 32.1. The van der Waals surface area contributed by atoms with E-state index in [9.17, 15) is 19.2 Å². The van der Waals surface area contributed by atoms with Crippen LogP contribution in [0.1, 0.15) is 32.1 Å². The Hall–Kier alpha value is -3.14. The van der Waals surface area contributed by atoms with Crippen LogP contribution in [0.2, 0.25) is 0 Å². The van der Waals surface area contributed by atoms with Crippen LogP contribution in [0.15, 0.2) is 24.3 Å². The summed E-state index contributed by atoms with van der Waals surface area (Å²) < 4.78 is 0. The van der Waals surface area contributed by atoms with Crippen LogP contribution in [-0.2, 0) is 16.0 Å². The number of fused-ring (bicyclic) bond motifs is 1. The zero-order valence-electron chi connectivity index (χ0n) is 12.8. The summed E-state index contributed by atoms with van der Waals surface area (Å²) in [4.78, 5) is 47.8. The molecular weight excluding hydrogens is 348 g/mol. The van der Waals surface area contributed by atoms with E-state index in [0.29, 0.717) is 5.01 Å². The molecule has 0 saturated heterocycles.